The number of esters is 1. The Morgan fingerprint density at radius 3 is 2.70 bits per heavy atom. The van der Waals surface area contributed by atoms with E-state index in [9.17, 15) is 9.59 Å². The van der Waals surface area contributed by atoms with Crippen LogP contribution in [0.2, 0.25) is 10.0 Å². The molecule has 3 aromatic rings. The summed E-state index contributed by atoms with van der Waals surface area (Å²) in [6.45, 7) is 2.91. The molecule has 0 aliphatic heterocycles. The molecule has 2 aromatic heterocycles. The Morgan fingerprint density at radius 1 is 1.22 bits per heavy atom. The zero-order valence-corrected chi connectivity index (χ0v) is 17.3. The second-order valence-corrected chi connectivity index (χ2v) is 7.44. The molecule has 9 heteroatoms. The molecule has 0 spiro atoms. The molecule has 0 saturated carbocycles. The van der Waals surface area contributed by atoms with E-state index in [2.05, 4.69) is 26.2 Å². The molecule has 0 radical (unpaired) electrons. The number of rotatable bonds is 4. The summed E-state index contributed by atoms with van der Waals surface area (Å²) >= 11 is 15.3. The van der Waals surface area contributed by atoms with Crippen molar-refractivity contribution in [1.82, 2.24) is 4.98 Å². The van der Waals surface area contributed by atoms with Crippen molar-refractivity contribution >= 4 is 67.8 Å². The van der Waals surface area contributed by atoms with Gasteiger partial charge in [-0.25, -0.2) is 9.78 Å². The van der Waals surface area contributed by atoms with E-state index < -0.39 is 18.5 Å². The first-order chi connectivity index (χ1) is 12.8. The summed E-state index contributed by atoms with van der Waals surface area (Å²) < 4.78 is 11.4. The van der Waals surface area contributed by atoms with E-state index in [-0.39, 0.29) is 16.6 Å². The number of anilines is 1. The molecule has 3 rings (SSSR count). The van der Waals surface area contributed by atoms with Gasteiger partial charge in [0.25, 0.3) is 5.91 Å². The molecule has 0 saturated heterocycles. The number of hydrogen-bond acceptors (Lipinski definition) is 5. The molecule has 0 atom stereocenters. The van der Waals surface area contributed by atoms with Gasteiger partial charge in [0.15, 0.2) is 12.4 Å². The van der Waals surface area contributed by atoms with Crippen molar-refractivity contribution in [3.05, 3.63) is 55.8 Å². The molecule has 27 heavy (non-hydrogen) atoms. The molecule has 0 aliphatic rings. The number of aryl methyl sites for hydroxylation is 2. The molecule has 1 aromatic carbocycles. The van der Waals surface area contributed by atoms with Gasteiger partial charge < -0.3 is 14.5 Å². The highest BCUT2D eigenvalue weighted by molar-refractivity contribution is 9.10. The SMILES string of the molecule is Cc1nc(NC(=O)COC(=O)c2oc3ccc(Br)cc3c2C)c(Cl)cc1Cl. The Morgan fingerprint density at radius 2 is 1.96 bits per heavy atom. The van der Waals surface area contributed by atoms with Crippen molar-refractivity contribution in [1.29, 1.82) is 0 Å². The number of ether oxygens (including phenoxy) is 1. The van der Waals surface area contributed by atoms with E-state index in [4.69, 9.17) is 32.4 Å². The summed E-state index contributed by atoms with van der Waals surface area (Å²) in [4.78, 5) is 28.4. The van der Waals surface area contributed by atoms with Crippen molar-refractivity contribution in [2.75, 3.05) is 11.9 Å². The zero-order valence-electron chi connectivity index (χ0n) is 14.2. The second-order valence-electron chi connectivity index (χ2n) is 5.71. The summed E-state index contributed by atoms with van der Waals surface area (Å²) in [6.07, 6.45) is 0. The number of aromatic nitrogens is 1. The maximum absolute atomic E-state index is 12.3. The monoisotopic (exact) mass is 470 g/mol. The van der Waals surface area contributed by atoms with Crippen LogP contribution in [0.4, 0.5) is 5.82 Å². The number of benzene rings is 1. The van der Waals surface area contributed by atoms with Gasteiger partial charge in [0.1, 0.15) is 5.58 Å². The molecule has 0 unspecified atom stereocenters. The Balaban J connectivity index is 1.68. The Kier molecular flexibility index (Phi) is 5.74. The highest BCUT2D eigenvalue weighted by Gasteiger charge is 2.20. The molecular weight excluding hydrogens is 459 g/mol. The topological polar surface area (TPSA) is 81.4 Å². The summed E-state index contributed by atoms with van der Waals surface area (Å²) in [5.41, 5.74) is 1.70. The van der Waals surface area contributed by atoms with Crippen molar-refractivity contribution < 1.29 is 18.7 Å². The third-order valence-corrected chi connectivity index (χ3v) is 4.94. The van der Waals surface area contributed by atoms with E-state index in [1.807, 2.05) is 6.07 Å². The first-order valence-electron chi connectivity index (χ1n) is 7.74. The number of carbonyl (C=O) groups excluding carboxylic acids is 2. The van der Waals surface area contributed by atoms with Crippen LogP contribution in [0.25, 0.3) is 11.0 Å². The van der Waals surface area contributed by atoms with Crippen LogP contribution in [-0.2, 0) is 9.53 Å². The lowest BCUT2D eigenvalue weighted by Crippen LogP contribution is -2.22. The summed E-state index contributed by atoms with van der Waals surface area (Å²) in [5, 5.41) is 3.83. The predicted octanol–water partition coefficient (Wildman–Crippen LogP) is 5.31. The van der Waals surface area contributed by atoms with Crippen molar-refractivity contribution in [2.45, 2.75) is 13.8 Å². The lowest BCUT2D eigenvalue weighted by molar-refractivity contribution is -0.119. The number of halogens is 3. The van der Waals surface area contributed by atoms with Gasteiger partial charge in [-0.15, -0.1) is 0 Å². The molecule has 6 nitrogen and oxygen atoms in total. The van der Waals surface area contributed by atoms with Crippen LogP contribution in [0.5, 0.6) is 0 Å². The molecule has 140 valence electrons. The van der Waals surface area contributed by atoms with Crippen molar-refractivity contribution in [2.24, 2.45) is 0 Å². The number of furan rings is 1. The summed E-state index contributed by atoms with van der Waals surface area (Å²) in [7, 11) is 0. The van der Waals surface area contributed by atoms with Gasteiger partial charge in [0.2, 0.25) is 5.76 Å². The van der Waals surface area contributed by atoms with Crippen LogP contribution >= 0.6 is 39.1 Å². The fraction of sp³-hybridized carbons (Fsp3) is 0.167. The van der Waals surface area contributed by atoms with Crippen LogP contribution < -0.4 is 5.32 Å². The van der Waals surface area contributed by atoms with E-state index in [1.165, 1.54) is 6.07 Å². The van der Waals surface area contributed by atoms with E-state index in [1.54, 1.807) is 26.0 Å². The van der Waals surface area contributed by atoms with Gasteiger partial charge in [-0.1, -0.05) is 39.1 Å². The molecule has 1 amide bonds. The number of hydrogen-bond donors (Lipinski definition) is 1. The van der Waals surface area contributed by atoms with Gasteiger partial charge in [0, 0.05) is 15.4 Å². The van der Waals surface area contributed by atoms with Gasteiger partial charge in [-0.05, 0) is 38.1 Å². The van der Waals surface area contributed by atoms with E-state index in [0.717, 1.165) is 9.86 Å². The van der Waals surface area contributed by atoms with E-state index >= 15 is 0 Å². The second kappa shape index (κ2) is 7.88. The van der Waals surface area contributed by atoms with Crippen LogP contribution in [0.15, 0.2) is 33.2 Å². The van der Waals surface area contributed by atoms with Crippen LogP contribution in [-0.4, -0.2) is 23.5 Å². The average Bonchev–Trinajstić information content (AvgIpc) is 2.94. The predicted molar refractivity (Wildman–Crippen MR) is 107 cm³/mol. The molecule has 0 bridgehead atoms. The molecular formula is C18H13BrCl2N2O4. The van der Waals surface area contributed by atoms with Gasteiger partial charge >= 0.3 is 5.97 Å². The lowest BCUT2D eigenvalue weighted by Gasteiger charge is -2.08. The van der Waals surface area contributed by atoms with Crippen molar-refractivity contribution in [3.63, 3.8) is 0 Å². The lowest BCUT2D eigenvalue weighted by atomic mass is 10.1. The van der Waals surface area contributed by atoms with Gasteiger partial charge in [-0.2, -0.15) is 0 Å². The summed E-state index contributed by atoms with van der Waals surface area (Å²) in [5.74, 6) is -1.13. The molecule has 0 fully saturated rings. The first kappa shape index (κ1) is 19.7. The van der Waals surface area contributed by atoms with Crippen molar-refractivity contribution in [3.8, 4) is 0 Å². The Hall–Kier alpha value is -2.09. The van der Waals surface area contributed by atoms with Crippen LogP contribution in [0, 0.1) is 13.8 Å². The maximum Gasteiger partial charge on any atom is 0.375 e. The average molecular weight is 472 g/mol. The number of pyridine rings is 1. The first-order valence-corrected chi connectivity index (χ1v) is 9.29. The molecule has 2 heterocycles. The number of nitrogens with one attached hydrogen (secondary N) is 1. The molecule has 1 N–H and O–H groups in total. The Labute approximate surface area is 172 Å². The molecule has 0 aliphatic carbocycles. The minimum absolute atomic E-state index is 0.0504. The number of carbonyl (C=O) groups is 2. The number of nitrogens with zero attached hydrogens (tertiary/aromatic N) is 1. The van der Waals surface area contributed by atoms with Gasteiger partial charge in [0.05, 0.1) is 15.7 Å². The third kappa shape index (κ3) is 4.26. The number of amides is 1. The van der Waals surface area contributed by atoms with Crippen LogP contribution in [0.3, 0.4) is 0 Å². The Bertz CT molecular complexity index is 1070. The van der Waals surface area contributed by atoms with E-state index in [0.29, 0.717) is 21.9 Å². The van der Waals surface area contributed by atoms with Gasteiger partial charge in [-0.3, -0.25) is 4.79 Å². The minimum Gasteiger partial charge on any atom is -0.450 e. The third-order valence-electron chi connectivity index (χ3n) is 3.78. The zero-order chi connectivity index (χ0) is 19.7. The highest BCUT2D eigenvalue weighted by atomic mass is 79.9. The quantitative estimate of drug-likeness (QED) is 0.521. The standard InChI is InChI=1S/C18H13BrCl2N2O4/c1-8-11-5-10(19)3-4-14(11)27-16(8)18(25)26-7-15(24)23-17-13(21)6-12(20)9(2)22-17/h3-6H,7H2,1-2H3,(H,22,23,24). The summed E-state index contributed by atoms with van der Waals surface area (Å²) in [6, 6.07) is 6.86. The maximum atomic E-state index is 12.3. The normalized spacial score (nSPS) is 10.9. The fourth-order valence-electron chi connectivity index (χ4n) is 2.40. The fourth-order valence-corrected chi connectivity index (χ4v) is 3.17. The number of fused-ring (bicyclic) bond motifs is 1. The smallest absolute Gasteiger partial charge is 0.375 e. The van der Waals surface area contributed by atoms with Crippen LogP contribution in [0.1, 0.15) is 21.8 Å². The largest absolute Gasteiger partial charge is 0.450 e. The highest BCUT2D eigenvalue weighted by Crippen LogP contribution is 2.29. The minimum atomic E-state index is -0.735.